The molecule has 0 aliphatic carbocycles. The number of hydrogen-bond acceptors (Lipinski definition) is 6. The van der Waals surface area contributed by atoms with Gasteiger partial charge in [-0.1, -0.05) is 0 Å². The minimum absolute atomic E-state index is 0. The van der Waals surface area contributed by atoms with Crippen molar-refractivity contribution in [2.75, 3.05) is 19.5 Å². The molecule has 1 radical (unpaired) electrons. The summed E-state index contributed by atoms with van der Waals surface area (Å²) in [6.07, 6.45) is 0. The number of nitro benzene ring substituents is 1. The molecule has 0 aromatic heterocycles. The van der Waals surface area contributed by atoms with Crippen LogP contribution in [0.3, 0.4) is 0 Å². The number of nitrogens with one attached hydrogen (secondary N) is 1. The van der Waals surface area contributed by atoms with E-state index in [0.29, 0.717) is 17.2 Å². The molecule has 0 aliphatic rings. The molecule has 24 heavy (non-hydrogen) atoms. The Bertz CT molecular complexity index is 766. The van der Waals surface area contributed by atoms with Crippen molar-refractivity contribution < 1.29 is 24.3 Å². The van der Waals surface area contributed by atoms with Gasteiger partial charge in [-0.25, -0.2) is 4.79 Å². The fourth-order valence-electron chi connectivity index (χ4n) is 2.01. The van der Waals surface area contributed by atoms with Crippen molar-refractivity contribution in [2.45, 2.75) is 0 Å². The Morgan fingerprint density at radius 3 is 2.33 bits per heavy atom. The smallest absolute Gasteiger partial charge is 0.337 e. The van der Waals surface area contributed by atoms with Crippen LogP contribution in [-0.2, 0) is 0 Å². The second kappa shape index (κ2) is 8.99. The van der Waals surface area contributed by atoms with Crippen LogP contribution in [0.25, 0.3) is 0 Å². The van der Waals surface area contributed by atoms with Crippen molar-refractivity contribution in [2.24, 2.45) is 0 Å². The van der Waals surface area contributed by atoms with E-state index in [1.807, 2.05) is 0 Å². The summed E-state index contributed by atoms with van der Waals surface area (Å²) in [6, 6.07) is 8.38. The third-order valence-electron chi connectivity index (χ3n) is 3.11. The zero-order valence-corrected chi connectivity index (χ0v) is 16.5. The van der Waals surface area contributed by atoms with E-state index in [4.69, 9.17) is 9.47 Å². The largest absolute Gasteiger partial charge is 0.493 e. The Morgan fingerprint density at radius 2 is 1.79 bits per heavy atom. The number of nitrogens with zero attached hydrogens (tertiary/aromatic N) is 1. The summed E-state index contributed by atoms with van der Waals surface area (Å²) in [5.41, 5.74) is 0.327. The van der Waals surface area contributed by atoms with E-state index in [-0.39, 0.29) is 68.3 Å². The Labute approximate surface area is 180 Å². The molecule has 0 saturated carbocycles. The number of hydrogen-bond donors (Lipinski definition) is 2. The minimum Gasteiger partial charge on any atom is -0.493 e. The van der Waals surface area contributed by atoms with Crippen LogP contribution in [0.4, 0.5) is 17.1 Å². The van der Waals surface area contributed by atoms with Gasteiger partial charge in [0.15, 0.2) is 11.5 Å². The van der Waals surface area contributed by atoms with E-state index in [0.717, 1.165) is 6.07 Å². The third-order valence-corrected chi connectivity index (χ3v) is 3.11. The van der Waals surface area contributed by atoms with Crippen molar-refractivity contribution in [3.05, 3.63) is 52.1 Å². The van der Waals surface area contributed by atoms with Crippen molar-refractivity contribution in [3.8, 4) is 11.5 Å². The molecule has 2 N–H and O–H groups in total. The monoisotopic (exact) mass is 357 g/mol. The molecule has 2 rings (SSSR count). The number of ether oxygens (including phenoxy) is 2. The molecule has 0 fully saturated rings. The van der Waals surface area contributed by atoms with Crippen LogP contribution < -0.4 is 14.8 Å². The Morgan fingerprint density at radius 1 is 1.12 bits per heavy atom. The van der Waals surface area contributed by atoms with E-state index < -0.39 is 10.9 Å². The fourth-order valence-corrected chi connectivity index (χ4v) is 2.01. The molecule has 0 atom stereocenters. The van der Waals surface area contributed by atoms with Crippen LogP contribution in [-0.4, -0.2) is 81.6 Å². The molecule has 8 nitrogen and oxygen atoms in total. The first-order chi connectivity index (χ1) is 11.0. The number of carbonyl (C=O) groups is 1. The summed E-state index contributed by atoms with van der Waals surface area (Å²) in [5, 5.41) is 22.9. The predicted molar refractivity (Wildman–Crippen MR) is 88.6 cm³/mol. The van der Waals surface area contributed by atoms with Gasteiger partial charge in [0.05, 0.1) is 30.4 Å². The first kappa shape index (κ1) is 20.4. The predicted octanol–water partition coefficient (Wildman–Crippen LogP) is 2.67. The van der Waals surface area contributed by atoms with Crippen LogP contribution >= 0.6 is 0 Å². The van der Waals surface area contributed by atoms with E-state index in [1.54, 1.807) is 18.2 Å². The van der Waals surface area contributed by atoms with Gasteiger partial charge in [0, 0.05) is 75.3 Å². The van der Waals surface area contributed by atoms with Crippen LogP contribution in [0.2, 0.25) is 0 Å². The average molecular weight is 357 g/mol. The first-order valence-corrected chi connectivity index (χ1v) is 6.47. The number of carboxylic acids is 1. The second-order valence-corrected chi connectivity index (χ2v) is 4.49. The maximum Gasteiger partial charge on any atom is 0.337 e. The molecule has 121 valence electrons. The van der Waals surface area contributed by atoms with Gasteiger partial charge in [-0.05, 0) is 18.2 Å². The molecular weight excluding hydrogens is 343 g/mol. The second-order valence-electron chi connectivity index (χ2n) is 4.49. The Kier molecular flexibility index (Phi) is 7.64. The Balaban J connectivity index is 0.00000288. The fraction of sp³-hybridized carbons (Fsp3) is 0.133. The molecule has 0 unspecified atom stereocenters. The molecule has 0 spiro atoms. The van der Waals surface area contributed by atoms with Crippen LogP contribution in [0, 0.1) is 10.1 Å². The molecule has 0 heterocycles. The van der Waals surface area contributed by atoms with Gasteiger partial charge in [0.25, 0.3) is 5.69 Å². The van der Waals surface area contributed by atoms with Gasteiger partial charge in [-0.2, -0.15) is 0 Å². The molecule has 2 aromatic rings. The maximum absolute atomic E-state index is 11.3. The normalized spacial score (nSPS) is 9.58. The quantitative estimate of drug-likeness (QED) is 0.464. The zero-order valence-electron chi connectivity index (χ0n) is 13.4. The van der Waals surface area contributed by atoms with Gasteiger partial charge >= 0.3 is 5.97 Å². The van der Waals surface area contributed by atoms with Crippen molar-refractivity contribution in [1.29, 1.82) is 0 Å². The number of rotatable bonds is 6. The zero-order chi connectivity index (χ0) is 17.0. The molecular formula is C15H14KN2O6. The molecule has 0 amide bonds. The van der Waals surface area contributed by atoms with Crippen LogP contribution in [0.5, 0.6) is 11.5 Å². The summed E-state index contributed by atoms with van der Waals surface area (Å²) in [6.45, 7) is 0. The summed E-state index contributed by atoms with van der Waals surface area (Å²) in [4.78, 5) is 21.5. The van der Waals surface area contributed by atoms with Crippen molar-refractivity contribution >= 4 is 74.4 Å². The first-order valence-electron chi connectivity index (χ1n) is 6.47. The third kappa shape index (κ3) is 4.68. The summed E-state index contributed by atoms with van der Waals surface area (Å²) < 4.78 is 10.3. The SMILES string of the molecule is COc1ccc(Nc2cc([N+](=O)[O-])ccc2C(=O)O)cc1OC.[K]. The molecule has 0 aliphatic heterocycles. The number of aromatic carboxylic acids is 1. The minimum atomic E-state index is -1.19. The van der Waals surface area contributed by atoms with Crippen LogP contribution in [0.1, 0.15) is 10.4 Å². The number of anilines is 2. The standard InChI is InChI=1S/C15H14N2O6.K/c1-22-13-6-3-9(7-14(13)23-2)16-12-8-10(17(20)21)4-5-11(12)15(18)19;/h3-8,16H,1-2H3,(H,18,19);. The van der Waals surface area contributed by atoms with E-state index in [2.05, 4.69) is 5.32 Å². The molecule has 0 saturated heterocycles. The Hall–Kier alpha value is -1.65. The molecule has 0 bridgehead atoms. The van der Waals surface area contributed by atoms with Crippen molar-refractivity contribution in [1.82, 2.24) is 0 Å². The topological polar surface area (TPSA) is 111 Å². The van der Waals surface area contributed by atoms with Crippen molar-refractivity contribution in [3.63, 3.8) is 0 Å². The number of non-ortho nitro benzene ring substituents is 1. The summed E-state index contributed by atoms with van der Waals surface area (Å²) in [7, 11) is 2.96. The summed E-state index contributed by atoms with van der Waals surface area (Å²) >= 11 is 0. The van der Waals surface area contributed by atoms with Gasteiger partial charge in [-0.15, -0.1) is 0 Å². The number of nitro groups is 1. The van der Waals surface area contributed by atoms with E-state index in [9.17, 15) is 20.0 Å². The van der Waals surface area contributed by atoms with E-state index >= 15 is 0 Å². The molecule has 9 heteroatoms. The van der Waals surface area contributed by atoms with Gasteiger partial charge in [-0.3, -0.25) is 10.1 Å². The number of benzene rings is 2. The van der Waals surface area contributed by atoms with Crippen LogP contribution in [0.15, 0.2) is 36.4 Å². The summed E-state index contributed by atoms with van der Waals surface area (Å²) in [5.74, 6) is -0.238. The van der Waals surface area contributed by atoms with Gasteiger partial charge in [0.2, 0.25) is 0 Å². The average Bonchev–Trinajstić information content (AvgIpc) is 2.54. The number of carboxylic acid groups (broad SMARTS) is 1. The van der Waals surface area contributed by atoms with Gasteiger partial charge < -0.3 is 19.9 Å². The van der Waals surface area contributed by atoms with Gasteiger partial charge in [0.1, 0.15) is 0 Å². The number of methoxy groups -OCH3 is 2. The molecule has 2 aromatic carbocycles. The maximum atomic E-state index is 11.3. The van der Waals surface area contributed by atoms with E-state index in [1.165, 1.54) is 26.4 Å².